The van der Waals surface area contributed by atoms with Gasteiger partial charge in [0.1, 0.15) is 17.2 Å². The highest BCUT2D eigenvalue weighted by molar-refractivity contribution is 6.32. The number of carbonyl (C=O) groups is 2. The number of Topliss-reactive ketones (excluding diaryl/α,β-unsaturated/α-hetero) is 1. The zero-order valence-corrected chi connectivity index (χ0v) is 21.4. The molecule has 0 fully saturated rings. The highest BCUT2D eigenvalue weighted by Crippen LogP contribution is 2.42. The summed E-state index contributed by atoms with van der Waals surface area (Å²) < 4.78 is 50.4. The summed E-state index contributed by atoms with van der Waals surface area (Å²) in [4.78, 5) is 24.3. The molecule has 1 atom stereocenters. The van der Waals surface area contributed by atoms with Gasteiger partial charge < -0.3 is 14.6 Å². The summed E-state index contributed by atoms with van der Waals surface area (Å²) in [6, 6.07) is 17.3. The van der Waals surface area contributed by atoms with Crippen LogP contribution >= 0.6 is 11.6 Å². The number of ketones is 1. The van der Waals surface area contributed by atoms with E-state index in [1.165, 1.54) is 24.3 Å². The number of halogens is 4. The molecule has 3 aromatic carbocycles. The topological polar surface area (TPSA) is 98.6 Å². The summed E-state index contributed by atoms with van der Waals surface area (Å²) in [6.45, 7) is 0.264. The maximum Gasteiger partial charge on any atom is 0.416 e. The fourth-order valence-corrected chi connectivity index (χ4v) is 4.50. The Bertz CT molecular complexity index is 1570. The lowest BCUT2D eigenvalue weighted by molar-refractivity contribution is -0.139. The average Bonchev–Trinajstić information content (AvgIpc) is 2.93. The molecule has 0 aliphatic carbocycles. The van der Waals surface area contributed by atoms with Crippen molar-refractivity contribution in [2.24, 2.45) is 0 Å². The number of carboxylic acid groups (broad SMARTS) is 1. The number of rotatable bonds is 7. The maximum absolute atomic E-state index is 13.0. The van der Waals surface area contributed by atoms with Crippen LogP contribution < -0.4 is 9.47 Å². The van der Waals surface area contributed by atoms with E-state index in [1.54, 1.807) is 36.4 Å². The van der Waals surface area contributed by atoms with Crippen LogP contribution in [0.2, 0.25) is 5.02 Å². The Balaban J connectivity index is 1.24. The summed E-state index contributed by atoms with van der Waals surface area (Å²) >= 11 is 6.34. The van der Waals surface area contributed by atoms with Crippen molar-refractivity contribution in [3.8, 4) is 28.5 Å². The number of benzene rings is 3. The number of fused-ring (bicyclic) bond motifs is 1. The van der Waals surface area contributed by atoms with E-state index in [4.69, 9.17) is 21.1 Å². The fraction of sp³-hybridized carbons (Fsp3) is 0.172. The highest BCUT2D eigenvalue weighted by atomic mass is 35.5. The van der Waals surface area contributed by atoms with Gasteiger partial charge in [0.05, 0.1) is 40.9 Å². The van der Waals surface area contributed by atoms with Gasteiger partial charge in [0.15, 0.2) is 5.78 Å². The molecular formula is C29H20ClF3N2O5. The number of nitrogens with zero attached hydrogens (tertiary/aromatic N) is 2. The summed E-state index contributed by atoms with van der Waals surface area (Å²) in [5.74, 6) is -0.831. The predicted octanol–water partition coefficient (Wildman–Crippen LogP) is 6.98. The van der Waals surface area contributed by atoms with Crippen molar-refractivity contribution in [1.29, 1.82) is 0 Å². The van der Waals surface area contributed by atoms with Crippen molar-refractivity contribution < 1.29 is 37.3 Å². The molecule has 0 spiro atoms. The Kier molecular flexibility index (Phi) is 7.44. The van der Waals surface area contributed by atoms with Crippen LogP contribution in [0, 0.1) is 0 Å². The second kappa shape index (κ2) is 11.0. The number of carboxylic acids is 1. The highest BCUT2D eigenvalue weighted by Gasteiger charge is 2.31. The van der Waals surface area contributed by atoms with Crippen LogP contribution in [0.1, 0.15) is 39.5 Å². The van der Waals surface area contributed by atoms with Gasteiger partial charge in [-0.1, -0.05) is 23.7 Å². The van der Waals surface area contributed by atoms with Crippen LogP contribution in [0.3, 0.4) is 0 Å². The summed E-state index contributed by atoms with van der Waals surface area (Å²) in [6.07, 6.45) is -4.18. The van der Waals surface area contributed by atoms with Crippen molar-refractivity contribution >= 4 is 23.4 Å². The van der Waals surface area contributed by atoms with Crippen LogP contribution in [0.15, 0.2) is 72.8 Å². The molecule has 2 heterocycles. The number of hydrogen-bond donors (Lipinski definition) is 1. The third-order valence-electron chi connectivity index (χ3n) is 6.35. The summed E-state index contributed by atoms with van der Waals surface area (Å²) in [5.41, 5.74) is 0.981. The van der Waals surface area contributed by atoms with Crippen LogP contribution in [0.4, 0.5) is 13.2 Å². The van der Waals surface area contributed by atoms with Gasteiger partial charge in [0.2, 0.25) is 0 Å². The minimum absolute atomic E-state index is 0.0607. The van der Waals surface area contributed by atoms with Gasteiger partial charge in [-0.3, -0.25) is 9.59 Å². The van der Waals surface area contributed by atoms with E-state index in [0.29, 0.717) is 34.7 Å². The lowest BCUT2D eigenvalue weighted by Gasteiger charge is -2.24. The zero-order valence-electron chi connectivity index (χ0n) is 20.6. The quantitative estimate of drug-likeness (QED) is 0.240. The molecule has 40 heavy (non-hydrogen) atoms. The third-order valence-corrected chi connectivity index (χ3v) is 6.65. The Hall–Kier alpha value is -4.44. The lowest BCUT2D eigenvalue weighted by atomic mass is 9.93. The van der Waals surface area contributed by atoms with Crippen LogP contribution in [0.5, 0.6) is 17.2 Å². The maximum atomic E-state index is 13.0. The summed E-state index contributed by atoms with van der Waals surface area (Å²) in [7, 11) is 0. The van der Waals surface area contributed by atoms with Gasteiger partial charge in [-0.15, -0.1) is 0 Å². The van der Waals surface area contributed by atoms with E-state index in [0.717, 1.165) is 12.1 Å². The number of alkyl halides is 3. The largest absolute Gasteiger partial charge is 0.493 e. The first kappa shape index (κ1) is 27.1. The number of carbonyl (C=O) groups excluding carboxylic acids is 1. The SMILES string of the molecule is O=C(Cc1ccc(-c2cccc(C(F)(F)F)c2)nn1)c1ccc(Oc2cc3c(cc2Cl)C(C(=O)O)CCO3)cc1. The first-order valence-corrected chi connectivity index (χ1v) is 12.5. The zero-order chi connectivity index (χ0) is 28.4. The lowest BCUT2D eigenvalue weighted by Crippen LogP contribution is -2.20. The Morgan fingerprint density at radius 2 is 1.80 bits per heavy atom. The minimum atomic E-state index is -4.47. The molecule has 1 aromatic heterocycles. The fourth-order valence-electron chi connectivity index (χ4n) is 4.29. The van der Waals surface area contributed by atoms with Crippen LogP contribution in [0.25, 0.3) is 11.3 Å². The smallest absolute Gasteiger partial charge is 0.416 e. The van der Waals surface area contributed by atoms with Gasteiger partial charge in [-0.05, 0) is 61.0 Å². The number of hydrogen-bond acceptors (Lipinski definition) is 6. The van der Waals surface area contributed by atoms with Gasteiger partial charge in [0, 0.05) is 22.8 Å². The third kappa shape index (κ3) is 5.91. The molecule has 1 N–H and O–H groups in total. The van der Waals surface area contributed by atoms with E-state index in [2.05, 4.69) is 10.2 Å². The Labute approximate surface area is 231 Å². The van der Waals surface area contributed by atoms with Gasteiger partial charge in [-0.2, -0.15) is 23.4 Å². The van der Waals surface area contributed by atoms with Crippen LogP contribution in [-0.4, -0.2) is 33.7 Å². The Morgan fingerprint density at radius 3 is 2.48 bits per heavy atom. The molecule has 1 unspecified atom stereocenters. The molecule has 0 bridgehead atoms. The molecule has 7 nitrogen and oxygen atoms in total. The molecule has 0 amide bonds. The van der Waals surface area contributed by atoms with Gasteiger partial charge in [-0.25, -0.2) is 0 Å². The second-order valence-corrected chi connectivity index (χ2v) is 9.47. The first-order chi connectivity index (χ1) is 19.1. The summed E-state index contributed by atoms with van der Waals surface area (Å²) in [5, 5.41) is 17.7. The van der Waals surface area contributed by atoms with E-state index < -0.39 is 23.6 Å². The Morgan fingerprint density at radius 1 is 1.02 bits per heavy atom. The van der Waals surface area contributed by atoms with E-state index in [-0.39, 0.29) is 40.8 Å². The standard InChI is InChI=1S/C29H20ClF3N2O5/c30-23-14-22-21(28(37)38)10-11-39-26(22)15-27(23)40-20-7-4-16(5-8-20)25(36)13-19-6-9-24(35-34-19)17-2-1-3-18(12-17)29(31,32)33/h1-9,12,14-15,21H,10-11,13H2,(H,37,38). The molecule has 1 aliphatic rings. The van der Waals surface area contributed by atoms with Gasteiger partial charge >= 0.3 is 12.1 Å². The normalized spacial score (nSPS) is 14.7. The van der Waals surface area contributed by atoms with E-state index in [1.807, 2.05) is 0 Å². The van der Waals surface area contributed by atoms with Gasteiger partial charge in [0.25, 0.3) is 0 Å². The van der Waals surface area contributed by atoms with Crippen molar-refractivity contribution in [2.75, 3.05) is 6.61 Å². The second-order valence-electron chi connectivity index (χ2n) is 9.06. The average molecular weight is 569 g/mol. The number of aromatic nitrogens is 2. The molecule has 1 aliphatic heterocycles. The van der Waals surface area contributed by atoms with E-state index >= 15 is 0 Å². The molecule has 4 aromatic rings. The molecule has 0 saturated carbocycles. The monoisotopic (exact) mass is 568 g/mol. The van der Waals surface area contributed by atoms with E-state index in [9.17, 15) is 27.9 Å². The molecule has 5 rings (SSSR count). The number of aliphatic carboxylic acids is 1. The first-order valence-electron chi connectivity index (χ1n) is 12.1. The van der Waals surface area contributed by atoms with Crippen molar-refractivity contribution in [3.63, 3.8) is 0 Å². The predicted molar refractivity (Wildman–Crippen MR) is 139 cm³/mol. The molecule has 0 saturated heterocycles. The van der Waals surface area contributed by atoms with Crippen molar-refractivity contribution in [2.45, 2.75) is 24.9 Å². The molecule has 204 valence electrons. The van der Waals surface area contributed by atoms with Crippen molar-refractivity contribution in [3.05, 3.63) is 100 Å². The van der Waals surface area contributed by atoms with Crippen LogP contribution in [-0.2, 0) is 17.4 Å². The molecule has 0 radical (unpaired) electrons. The minimum Gasteiger partial charge on any atom is -0.493 e. The molecular weight excluding hydrogens is 549 g/mol. The van der Waals surface area contributed by atoms with Crippen molar-refractivity contribution in [1.82, 2.24) is 10.2 Å². The number of ether oxygens (including phenoxy) is 2. The molecule has 11 heteroatoms.